The van der Waals surface area contributed by atoms with Crippen LogP contribution in [0.5, 0.6) is 0 Å². The van der Waals surface area contributed by atoms with Crippen molar-refractivity contribution in [2.45, 2.75) is 50.0 Å². The van der Waals surface area contributed by atoms with E-state index < -0.39 is 21.7 Å². The number of hydrogen-bond donors (Lipinski definition) is 1. The van der Waals surface area contributed by atoms with Gasteiger partial charge in [-0.3, -0.25) is 14.5 Å². The second-order valence-electron chi connectivity index (χ2n) is 8.01. The minimum atomic E-state index is -4.05. The summed E-state index contributed by atoms with van der Waals surface area (Å²) in [6, 6.07) is 6.47. The third-order valence-corrected chi connectivity index (χ3v) is 6.57. The quantitative estimate of drug-likeness (QED) is 0.604. The highest BCUT2D eigenvalue weighted by molar-refractivity contribution is 7.90. The van der Waals surface area contributed by atoms with Crippen molar-refractivity contribution >= 4 is 15.9 Å². The van der Waals surface area contributed by atoms with Crippen LogP contribution >= 0.6 is 0 Å². The molecule has 0 aliphatic heterocycles. The van der Waals surface area contributed by atoms with Crippen molar-refractivity contribution < 1.29 is 17.6 Å². The number of benzene rings is 1. The maximum atomic E-state index is 14.3. The number of sulfonamides is 1. The number of aromatic nitrogens is 3. The predicted octanol–water partition coefficient (Wildman–Crippen LogP) is 3.59. The standard InChI is InChI=1S/C22H23FN4O3S/c1-14(2)19-8-16(23)9-20(15-4-3-7-24-11-15)21(19)10-22(28)26-31(29,30)18-12-25-27(13-18)17-5-6-17/h3-4,7-9,11-14,17H,5-6,10H2,1-2H3,(H,26,28). The average molecular weight is 443 g/mol. The Hall–Kier alpha value is -3.07. The average Bonchev–Trinajstić information content (AvgIpc) is 3.44. The summed E-state index contributed by atoms with van der Waals surface area (Å²) in [4.78, 5) is 16.8. The minimum Gasteiger partial charge on any atom is -0.274 e. The molecule has 0 bridgehead atoms. The van der Waals surface area contributed by atoms with Gasteiger partial charge >= 0.3 is 0 Å². The van der Waals surface area contributed by atoms with Crippen LogP contribution in [0.25, 0.3) is 11.1 Å². The molecular weight excluding hydrogens is 419 g/mol. The molecule has 4 rings (SSSR count). The van der Waals surface area contributed by atoms with Gasteiger partial charge in [0.15, 0.2) is 0 Å². The zero-order chi connectivity index (χ0) is 22.2. The summed E-state index contributed by atoms with van der Waals surface area (Å²) in [5.74, 6) is -1.19. The van der Waals surface area contributed by atoms with Crippen molar-refractivity contribution in [3.05, 3.63) is 66.0 Å². The Morgan fingerprint density at radius 1 is 1.29 bits per heavy atom. The van der Waals surface area contributed by atoms with Crippen LogP contribution in [0.3, 0.4) is 0 Å². The number of pyridine rings is 1. The Bertz CT molecular complexity index is 1220. The fourth-order valence-corrected chi connectivity index (χ4v) is 4.48. The van der Waals surface area contributed by atoms with E-state index in [0.717, 1.165) is 12.8 Å². The van der Waals surface area contributed by atoms with Crippen molar-refractivity contribution in [3.8, 4) is 11.1 Å². The van der Waals surface area contributed by atoms with E-state index in [0.29, 0.717) is 22.3 Å². The van der Waals surface area contributed by atoms with Gasteiger partial charge in [0.05, 0.1) is 18.7 Å². The number of rotatable bonds is 7. The van der Waals surface area contributed by atoms with E-state index in [-0.39, 0.29) is 23.3 Å². The molecule has 1 N–H and O–H groups in total. The fourth-order valence-electron chi connectivity index (χ4n) is 3.55. The summed E-state index contributed by atoms with van der Waals surface area (Å²) in [5, 5.41) is 4.07. The molecular formula is C22H23FN4O3S. The van der Waals surface area contributed by atoms with E-state index in [1.54, 1.807) is 29.2 Å². The Labute approximate surface area is 180 Å². The van der Waals surface area contributed by atoms with Crippen LogP contribution in [0.1, 0.15) is 49.8 Å². The van der Waals surface area contributed by atoms with Gasteiger partial charge in [0.2, 0.25) is 5.91 Å². The molecule has 2 aromatic heterocycles. The molecule has 162 valence electrons. The van der Waals surface area contributed by atoms with E-state index in [1.807, 2.05) is 13.8 Å². The van der Waals surface area contributed by atoms with Gasteiger partial charge in [-0.05, 0) is 53.6 Å². The van der Waals surface area contributed by atoms with E-state index in [4.69, 9.17) is 0 Å². The Morgan fingerprint density at radius 2 is 2.06 bits per heavy atom. The molecule has 7 nitrogen and oxygen atoms in total. The lowest BCUT2D eigenvalue weighted by molar-refractivity contribution is -0.118. The number of hydrogen-bond acceptors (Lipinski definition) is 5. The van der Waals surface area contributed by atoms with Gasteiger partial charge < -0.3 is 0 Å². The highest BCUT2D eigenvalue weighted by Crippen LogP contribution is 2.34. The lowest BCUT2D eigenvalue weighted by Crippen LogP contribution is -2.32. The molecule has 1 saturated carbocycles. The SMILES string of the molecule is CC(C)c1cc(F)cc(-c2cccnc2)c1CC(=O)NS(=O)(=O)c1cnn(C2CC2)c1. The molecule has 0 unspecified atom stereocenters. The Morgan fingerprint density at radius 3 is 2.71 bits per heavy atom. The molecule has 1 aliphatic rings. The van der Waals surface area contributed by atoms with Crippen molar-refractivity contribution in [2.75, 3.05) is 0 Å². The van der Waals surface area contributed by atoms with E-state index in [9.17, 15) is 17.6 Å². The number of nitrogens with zero attached hydrogens (tertiary/aromatic N) is 3. The third kappa shape index (κ3) is 4.66. The summed E-state index contributed by atoms with van der Waals surface area (Å²) in [5.41, 5.74) is 2.39. The first-order chi connectivity index (χ1) is 14.7. The van der Waals surface area contributed by atoms with Crippen molar-refractivity contribution in [2.24, 2.45) is 0 Å². The molecule has 9 heteroatoms. The zero-order valence-electron chi connectivity index (χ0n) is 17.2. The van der Waals surface area contributed by atoms with Gasteiger partial charge in [0.25, 0.3) is 10.0 Å². The molecule has 0 saturated heterocycles. The van der Waals surface area contributed by atoms with Crippen LogP contribution in [-0.4, -0.2) is 29.1 Å². The normalized spacial score (nSPS) is 14.1. The maximum absolute atomic E-state index is 14.3. The summed E-state index contributed by atoms with van der Waals surface area (Å²) in [7, 11) is -4.05. The second-order valence-corrected chi connectivity index (χ2v) is 9.69. The number of carbonyl (C=O) groups excluding carboxylic acids is 1. The molecule has 2 heterocycles. The number of halogens is 1. The van der Waals surface area contributed by atoms with Crippen molar-refractivity contribution in [1.29, 1.82) is 0 Å². The van der Waals surface area contributed by atoms with Gasteiger partial charge in [-0.1, -0.05) is 19.9 Å². The van der Waals surface area contributed by atoms with Crippen LogP contribution in [-0.2, 0) is 21.2 Å². The largest absolute Gasteiger partial charge is 0.274 e. The lowest BCUT2D eigenvalue weighted by Gasteiger charge is -2.18. The van der Waals surface area contributed by atoms with Gasteiger partial charge in [-0.25, -0.2) is 17.5 Å². The van der Waals surface area contributed by atoms with Gasteiger partial charge in [-0.2, -0.15) is 5.10 Å². The smallest absolute Gasteiger partial charge is 0.267 e. The topological polar surface area (TPSA) is 93.9 Å². The Balaban J connectivity index is 1.63. The first-order valence-electron chi connectivity index (χ1n) is 10.1. The van der Waals surface area contributed by atoms with Crippen LogP contribution in [0.15, 0.2) is 53.9 Å². The third-order valence-electron chi connectivity index (χ3n) is 5.24. The lowest BCUT2D eigenvalue weighted by atomic mass is 9.88. The van der Waals surface area contributed by atoms with Crippen molar-refractivity contribution in [1.82, 2.24) is 19.5 Å². The summed E-state index contributed by atoms with van der Waals surface area (Å²) in [6.45, 7) is 3.79. The molecule has 0 radical (unpaired) electrons. The van der Waals surface area contributed by atoms with Gasteiger partial charge in [0, 0.05) is 24.2 Å². The van der Waals surface area contributed by atoms with Crippen molar-refractivity contribution in [3.63, 3.8) is 0 Å². The molecule has 3 aromatic rings. The molecule has 0 spiro atoms. The fraction of sp³-hybridized carbons (Fsp3) is 0.318. The van der Waals surface area contributed by atoms with Gasteiger partial charge in [-0.15, -0.1) is 0 Å². The van der Waals surface area contributed by atoms with Crippen LogP contribution in [0.2, 0.25) is 0 Å². The highest BCUT2D eigenvalue weighted by Gasteiger charge is 2.28. The summed E-state index contributed by atoms with van der Waals surface area (Å²) in [6.07, 6.45) is 7.59. The molecule has 1 amide bonds. The first-order valence-corrected chi connectivity index (χ1v) is 11.6. The number of carbonyl (C=O) groups is 1. The maximum Gasteiger partial charge on any atom is 0.267 e. The summed E-state index contributed by atoms with van der Waals surface area (Å²) < 4.78 is 43.4. The molecule has 1 fully saturated rings. The minimum absolute atomic E-state index is 0.0524. The second kappa shape index (κ2) is 8.22. The van der Waals surface area contributed by atoms with Gasteiger partial charge in [0.1, 0.15) is 10.7 Å². The molecule has 1 aromatic carbocycles. The molecule has 31 heavy (non-hydrogen) atoms. The Kier molecular flexibility index (Phi) is 5.62. The molecule has 1 aliphatic carbocycles. The van der Waals surface area contributed by atoms with E-state index in [2.05, 4.69) is 14.8 Å². The van der Waals surface area contributed by atoms with E-state index in [1.165, 1.54) is 24.5 Å². The van der Waals surface area contributed by atoms with Crippen LogP contribution in [0.4, 0.5) is 4.39 Å². The zero-order valence-corrected chi connectivity index (χ0v) is 18.1. The van der Waals surface area contributed by atoms with Crippen LogP contribution < -0.4 is 4.72 Å². The monoisotopic (exact) mass is 442 g/mol. The highest BCUT2D eigenvalue weighted by atomic mass is 32.2. The number of nitrogens with one attached hydrogen (secondary N) is 1. The van der Waals surface area contributed by atoms with E-state index >= 15 is 0 Å². The molecule has 0 atom stereocenters. The van der Waals surface area contributed by atoms with Crippen LogP contribution in [0, 0.1) is 5.82 Å². The number of amides is 1. The first kappa shape index (κ1) is 21.2. The predicted molar refractivity (Wildman–Crippen MR) is 113 cm³/mol. The summed E-state index contributed by atoms with van der Waals surface area (Å²) >= 11 is 0.